The summed E-state index contributed by atoms with van der Waals surface area (Å²) in [6.07, 6.45) is 0. The first-order valence-electron chi connectivity index (χ1n) is 6.82. The zero-order chi connectivity index (χ0) is 14.0. The summed E-state index contributed by atoms with van der Waals surface area (Å²) in [6, 6.07) is 6.57. The molecule has 4 heteroatoms. The minimum atomic E-state index is -0.144. The summed E-state index contributed by atoms with van der Waals surface area (Å²) in [6.45, 7) is 7.70. The van der Waals surface area contributed by atoms with Gasteiger partial charge in [0.1, 0.15) is 6.04 Å². The number of hydrogen-bond donors (Lipinski definition) is 2. The van der Waals surface area contributed by atoms with E-state index in [1.165, 1.54) is 16.8 Å². The molecule has 0 spiro atoms. The predicted octanol–water partition coefficient (Wildman–Crippen LogP) is 1.22. The first-order valence-corrected chi connectivity index (χ1v) is 6.82. The number of hydrogen-bond acceptors (Lipinski definition) is 3. The SMILES string of the molecule is CNCC1C(=O)NCC(C)N1c1cc(C)ccc1C. The van der Waals surface area contributed by atoms with E-state index in [0.29, 0.717) is 19.1 Å². The highest BCUT2D eigenvalue weighted by atomic mass is 16.2. The Morgan fingerprint density at radius 2 is 2.16 bits per heavy atom. The van der Waals surface area contributed by atoms with Gasteiger partial charge < -0.3 is 15.5 Å². The Balaban J connectivity index is 2.41. The molecular formula is C15H23N3O. The van der Waals surface area contributed by atoms with Crippen LogP contribution in [0.3, 0.4) is 0 Å². The number of rotatable bonds is 3. The van der Waals surface area contributed by atoms with Gasteiger partial charge in [-0.2, -0.15) is 0 Å². The van der Waals surface area contributed by atoms with Gasteiger partial charge in [-0.05, 0) is 45.0 Å². The van der Waals surface area contributed by atoms with Crippen molar-refractivity contribution in [2.75, 3.05) is 25.0 Å². The molecule has 2 unspecified atom stereocenters. The van der Waals surface area contributed by atoms with E-state index >= 15 is 0 Å². The van der Waals surface area contributed by atoms with Crippen molar-refractivity contribution in [2.45, 2.75) is 32.9 Å². The fourth-order valence-corrected chi connectivity index (χ4v) is 2.69. The number of likely N-dealkylation sites (N-methyl/N-ethyl adjacent to an activating group) is 1. The zero-order valence-electron chi connectivity index (χ0n) is 12.2. The quantitative estimate of drug-likeness (QED) is 0.860. The maximum absolute atomic E-state index is 12.1. The van der Waals surface area contributed by atoms with Crippen LogP contribution in [0.1, 0.15) is 18.1 Å². The molecule has 19 heavy (non-hydrogen) atoms. The first-order chi connectivity index (χ1) is 9.04. The molecule has 2 rings (SSSR count). The summed E-state index contributed by atoms with van der Waals surface area (Å²) in [5.74, 6) is 0.105. The Morgan fingerprint density at radius 1 is 1.42 bits per heavy atom. The van der Waals surface area contributed by atoms with Crippen LogP contribution in [-0.2, 0) is 4.79 Å². The average molecular weight is 261 g/mol. The molecule has 2 atom stereocenters. The van der Waals surface area contributed by atoms with E-state index < -0.39 is 0 Å². The smallest absolute Gasteiger partial charge is 0.244 e. The standard InChI is InChI=1S/C15H23N3O/c1-10-5-6-11(2)13(7-10)18-12(3)8-17-15(19)14(18)9-16-4/h5-7,12,14,16H,8-9H2,1-4H3,(H,17,19). The van der Waals surface area contributed by atoms with Gasteiger partial charge in [-0.1, -0.05) is 12.1 Å². The van der Waals surface area contributed by atoms with Crippen LogP contribution < -0.4 is 15.5 Å². The van der Waals surface area contributed by atoms with Gasteiger partial charge in [0.15, 0.2) is 0 Å². The monoisotopic (exact) mass is 261 g/mol. The van der Waals surface area contributed by atoms with Crippen molar-refractivity contribution in [3.63, 3.8) is 0 Å². The van der Waals surface area contributed by atoms with Crippen LogP contribution in [0.15, 0.2) is 18.2 Å². The largest absolute Gasteiger partial charge is 0.354 e. The van der Waals surface area contributed by atoms with Crippen LogP contribution in [0.25, 0.3) is 0 Å². The lowest BCUT2D eigenvalue weighted by Gasteiger charge is -2.42. The van der Waals surface area contributed by atoms with Crippen LogP contribution in [0.5, 0.6) is 0 Å². The Hall–Kier alpha value is -1.55. The average Bonchev–Trinajstić information content (AvgIpc) is 2.38. The van der Waals surface area contributed by atoms with E-state index in [1.807, 2.05) is 7.05 Å². The molecule has 104 valence electrons. The van der Waals surface area contributed by atoms with Gasteiger partial charge >= 0.3 is 0 Å². The maximum Gasteiger partial charge on any atom is 0.244 e. The molecular weight excluding hydrogens is 238 g/mol. The van der Waals surface area contributed by atoms with E-state index in [-0.39, 0.29) is 11.9 Å². The molecule has 1 aromatic rings. The number of carbonyl (C=O) groups is 1. The third-order valence-corrected chi connectivity index (χ3v) is 3.73. The lowest BCUT2D eigenvalue weighted by molar-refractivity contribution is -0.123. The van der Waals surface area contributed by atoms with E-state index in [2.05, 4.69) is 54.5 Å². The number of piperazine rings is 1. The second-order valence-electron chi connectivity index (χ2n) is 5.36. The fourth-order valence-electron chi connectivity index (χ4n) is 2.69. The van der Waals surface area contributed by atoms with Crippen molar-refractivity contribution in [3.05, 3.63) is 29.3 Å². The number of anilines is 1. The molecule has 1 aliphatic rings. The molecule has 1 aromatic carbocycles. The normalized spacial score (nSPS) is 23.4. The third kappa shape index (κ3) is 2.73. The second kappa shape index (κ2) is 5.61. The zero-order valence-corrected chi connectivity index (χ0v) is 12.2. The van der Waals surface area contributed by atoms with E-state index in [4.69, 9.17) is 0 Å². The molecule has 1 saturated heterocycles. The lowest BCUT2D eigenvalue weighted by Crippen LogP contribution is -2.62. The minimum Gasteiger partial charge on any atom is -0.354 e. The van der Waals surface area contributed by atoms with Gasteiger partial charge in [0.25, 0.3) is 0 Å². The molecule has 1 amide bonds. The number of carbonyl (C=O) groups excluding carboxylic acids is 1. The topological polar surface area (TPSA) is 44.4 Å². The molecule has 0 aliphatic carbocycles. The highest BCUT2D eigenvalue weighted by Crippen LogP contribution is 2.27. The molecule has 0 radical (unpaired) electrons. The minimum absolute atomic E-state index is 0.105. The third-order valence-electron chi connectivity index (χ3n) is 3.73. The van der Waals surface area contributed by atoms with E-state index in [9.17, 15) is 4.79 Å². The Kier molecular flexibility index (Phi) is 4.10. The highest BCUT2D eigenvalue weighted by molar-refractivity contribution is 5.87. The molecule has 0 saturated carbocycles. The van der Waals surface area contributed by atoms with Gasteiger partial charge in [0.2, 0.25) is 5.91 Å². The van der Waals surface area contributed by atoms with Gasteiger partial charge in [0, 0.05) is 24.8 Å². The van der Waals surface area contributed by atoms with E-state index in [0.717, 1.165) is 0 Å². The summed E-state index contributed by atoms with van der Waals surface area (Å²) in [5, 5.41) is 6.10. The fraction of sp³-hybridized carbons (Fsp3) is 0.533. The number of amides is 1. The Labute approximate surface area is 115 Å². The molecule has 4 nitrogen and oxygen atoms in total. The first kappa shape index (κ1) is 13.9. The van der Waals surface area contributed by atoms with Crippen LogP contribution >= 0.6 is 0 Å². The van der Waals surface area contributed by atoms with Crippen LogP contribution in [0.2, 0.25) is 0 Å². The Bertz CT molecular complexity index is 472. The number of nitrogens with zero attached hydrogens (tertiary/aromatic N) is 1. The molecule has 0 bridgehead atoms. The lowest BCUT2D eigenvalue weighted by atomic mass is 10.0. The predicted molar refractivity (Wildman–Crippen MR) is 78.6 cm³/mol. The summed E-state index contributed by atoms with van der Waals surface area (Å²) >= 11 is 0. The molecule has 1 heterocycles. The van der Waals surface area contributed by atoms with Crippen molar-refractivity contribution in [1.82, 2.24) is 10.6 Å². The summed E-state index contributed by atoms with van der Waals surface area (Å²) in [7, 11) is 1.88. The number of nitrogens with one attached hydrogen (secondary N) is 2. The summed E-state index contributed by atoms with van der Waals surface area (Å²) in [4.78, 5) is 14.4. The van der Waals surface area contributed by atoms with Crippen molar-refractivity contribution >= 4 is 11.6 Å². The van der Waals surface area contributed by atoms with Gasteiger partial charge in [0.05, 0.1) is 0 Å². The van der Waals surface area contributed by atoms with Crippen molar-refractivity contribution in [3.8, 4) is 0 Å². The molecule has 1 aliphatic heterocycles. The van der Waals surface area contributed by atoms with Crippen molar-refractivity contribution in [2.24, 2.45) is 0 Å². The highest BCUT2D eigenvalue weighted by Gasteiger charge is 2.34. The summed E-state index contributed by atoms with van der Waals surface area (Å²) < 4.78 is 0. The van der Waals surface area contributed by atoms with Crippen molar-refractivity contribution in [1.29, 1.82) is 0 Å². The van der Waals surface area contributed by atoms with Gasteiger partial charge in [-0.15, -0.1) is 0 Å². The maximum atomic E-state index is 12.1. The van der Waals surface area contributed by atoms with Crippen LogP contribution in [-0.4, -0.2) is 38.1 Å². The van der Waals surface area contributed by atoms with Gasteiger partial charge in [-0.25, -0.2) is 0 Å². The Morgan fingerprint density at radius 3 is 2.84 bits per heavy atom. The van der Waals surface area contributed by atoms with Gasteiger partial charge in [-0.3, -0.25) is 4.79 Å². The van der Waals surface area contributed by atoms with E-state index in [1.54, 1.807) is 0 Å². The van der Waals surface area contributed by atoms with Crippen molar-refractivity contribution < 1.29 is 4.79 Å². The molecule has 1 fully saturated rings. The molecule has 0 aromatic heterocycles. The number of aryl methyl sites for hydroxylation is 2. The summed E-state index contributed by atoms with van der Waals surface area (Å²) in [5.41, 5.74) is 3.61. The molecule has 2 N–H and O–H groups in total. The van der Waals surface area contributed by atoms with Crippen LogP contribution in [0.4, 0.5) is 5.69 Å². The van der Waals surface area contributed by atoms with Crippen LogP contribution in [0, 0.1) is 13.8 Å². The number of benzene rings is 1. The second-order valence-corrected chi connectivity index (χ2v) is 5.36.